The number of halogens is 1. The molecule has 0 aliphatic rings. The lowest BCUT2D eigenvalue weighted by atomic mass is 10.1. The first-order chi connectivity index (χ1) is 12.1. The van der Waals surface area contributed by atoms with Gasteiger partial charge >= 0.3 is 0 Å². The Kier molecular flexibility index (Phi) is 5.71. The van der Waals surface area contributed by atoms with E-state index in [9.17, 15) is 9.90 Å². The number of aliphatic hydroxyl groups excluding tert-OH is 1. The van der Waals surface area contributed by atoms with E-state index in [1.807, 2.05) is 11.4 Å². The quantitative estimate of drug-likeness (QED) is 0.654. The van der Waals surface area contributed by atoms with E-state index in [4.69, 9.17) is 16.3 Å². The first-order valence-electron chi connectivity index (χ1n) is 7.63. The van der Waals surface area contributed by atoms with Crippen LogP contribution >= 0.6 is 22.9 Å². The Labute approximate surface area is 154 Å². The molecule has 2 N–H and O–H groups in total. The maximum absolute atomic E-state index is 12.0. The maximum atomic E-state index is 12.0. The summed E-state index contributed by atoms with van der Waals surface area (Å²) < 4.78 is 5.59. The number of carbonyl (C=O) groups is 1. The Morgan fingerprint density at radius 2 is 1.84 bits per heavy atom. The number of rotatable bonds is 6. The highest BCUT2D eigenvalue weighted by Gasteiger charge is 2.09. The van der Waals surface area contributed by atoms with E-state index in [1.54, 1.807) is 54.6 Å². The van der Waals surface area contributed by atoms with Crippen molar-refractivity contribution in [2.75, 3.05) is 11.9 Å². The largest absolute Gasteiger partial charge is 0.491 e. The highest BCUT2D eigenvalue weighted by Crippen LogP contribution is 2.21. The molecule has 0 bridgehead atoms. The molecule has 0 saturated heterocycles. The lowest BCUT2D eigenvalue weighted by Gasteiger charge is -2.13. The van der Waals surface area contributed by atoms with Crippen molar-refractivity contribution in [2.24, 2.45) is 0 Å². The fourth-order valence-corrected chi connectivity index (χ4v) is 2.94. The molecule has 3 aromatic rings. The van der Waals surface area contributed by atoms with Crippen LogP contribution in [-0.2, 0) is 0 Å². The van der Waals surface area contributed by atoms with Crippen LogP contribution in [0.4, 0.5) is 5.69 Å². The molecular weight excluding hydrogens is 358 g/mol. The van der Waals surface area contributed by atoms with Crippen LogP contribution in [0.3, 0.4) is 0 Å². The lowest BCUT2D eigenvalue weighted by molar-refractivity contribution is 0.103. The summed E-state index contributed by atoms with van der Waals surface area (Å²) in [5.74, 6) is 0.476. The SMILES string of the molecule is O=C(Nc1ccc(OCC(O)c2ccc(Cl)cc2)cc1)c1cccs1. The number of thiophene rings is 1. The van der Waals surface area contributed by atoms with Crippen LogP contribution in [0.2, 0.25) is 5.02 Å². The normalized spacial score (nSPS) is 11.8. The van der Waals surface area contributed by atoms with Crippen LogP contribution in [0.5, 0.6) is 5.75 Å². The van der Waals surface area contributed by atoms with Crippen LogP contribution in [0.1, 0.15) is 21.3 Å². The van der Waals surface area contributed by atoms with E-state index in [1.165, 1.54) is 11.3 Å². The number of hydrogen-bond acceptors (Lipinski definition) is 4. The minimum Gasteiger partial charge on any atom is -0.491 e. The van der Waals surface area contributed by atoms with Gasteiger partial charge in [0.25, 0.3) is 5.91 Å². The van der Waals surface area contributed by atoms with Gasteiger partial charge in [-0.3, -0.25) is 4.79 Å². The predicted molar refractivity (Wildman–Crippen MR) is 101 cm³/mol. The van der Waals surface area contributed by atoms with Crippen LogP contribution in [-0.4, -0.2) is 17.6 Å². The Bertz CT molecular complexity index is 817. The summed E-state index contributed by atoms with van der Waals surface area (Å²) in [4.78, 5) is 12.6. The minimum absolute atomic E-state index is 0.128. The Morgan fingerprint density at radius 3 is 2.48 bits per heavy atom. The molecule has 1 aromatic heterocycles. The summed E-state index contributed by atoms with van der Waals surface area (Å²) in [6, 6.07) is 17.6. The summed E-state index contributed by atoms with van der Waals surface area (Å²) in [5, 5.41) is 15.4. The second-order valence-electron chi connectivity index (χ2n) is 5.33. The Balaban J connectivity index is 1.54. The van der Waals surface area contributed by atoms with E-state index >= 15 is 0 Å². The van der Waals surface area contributed by atoms with E-state index in [0.29, 0.717) is 21.3 Å². The van der Waals surface area contributed by atoms with Crippen molar-refractivity contribution in [3.8, 4) is 5.75 Å². The molecule has 1 amide bonds. The zero-order valence-corrected chi connectivity index (χ0v) is 14.8. The molecule has 1 unspecified atom stereocenters. The number of anilines is 1. The highest BCUT2D eigenvalue weighted by molar-refractivity contribution is 7.12. The third kappa shape index (κ3) is 4.82. The minimum atomic E-state index is -0.740. The average molecular weight is 374 g/mol. The number of hydrogen-bond donors (Lipinski definition) is 2. The number of benzene rings is 2. The van der Waals surface area contributed by atoms with Crippen LogP contribution < -0.4 is 10.1 Å². The number of aliphatic hydroxyl groups is 1. The zero-order chi connectivity index (χ0) is 17.6. The van der Waals surface area contributed by atoms with Gasteiger partial charge in [-0.05, 0) is 53.4 Å². The maximum Gasteiger partial charge on any atom is 0.265 e. The molecule has 3 rings (SSSR count). The van der Waals surface area contributed by atoms with Gasteiger partial charge in [0.2, 0.25) is 0 Å². The van der Waals surface area contributed by atoms with Gasteiger partial charge in [0.1, 0.15) is 18.5 Å². The standard InChI is InChI=1S/C19H16ClNO3S/c20-14-5-3-13(4-6-14)17(22)12-24-16-9-7-15(8-10-16)21-19(23)18-2-1-11-25-18/h1-11,17,22H,12H2,(H,21,23). The summed E-state index contributed by atoms with van der Waals surface area (Å²) in [6.45, 7) is 0.128. The van der Waals surface area contributed by atoms with Crippen LogP contribution in [0, 0.1) is 0 Å². The van der Waals surface area contributed by atoms with Crippen molar-refractivity contribution in [3.63, 3.8) is 0 Å². The third-order valence-corrected chi connectivity index (χ3v) is 4.64. The summed E-state index contributed by atoms with van der Waals surface area (Å²) in [7, 11) is 0. The number of amides is 1. The molecule has 2 aromatic carbocycles. The van der Waals surface area contributed by atoms with Crippen molar-refractivity contribution >= 4 is 34.5 Å². The molecule has 4 nitrogen and oxygen atoms in total. The van der Waals surface area contributed by atoms with Crippen LogP contribution in [0.25, 0.3) is 0 Å². The average Bonchev–Trinajstić information content (AvgIpc) is 3.16. The summed E-state index contributed by atoms with van der Waals surface area (Å²) in [5.41, 5.74) is 1.42. The lowest BCUT2D eigenvalue weighted by Crippen LogP contribution is -2.11. The van der Waals surface area contributed by atoms with Crippen molar-refractivity contribution in [2.45, 2.75) is 6.10 Å². The molecule has 1 heterocycles. The van der Waals surface area contributed by atoms with Crippen molar-refractivity contribution in [1.82, 2.24) is 0 Å². The van der Waals surface area contributed by atoms with Crippen molar-refractivity contribution < 1.29 is 14.6 Å². The first-order valence-corrected chi connectivity index (χ1v) is 8.89. The number of carbonyl (C=O) groups excluding carboxylic acids is 1. The molecule has 25 heavy (non-hydrogen) atoms. The molecule has 0 aliphatic heterocycles. The van der Waals surface area contributed by atoms with Gasteiger partial charge < -0.3 is 15.2 Å². The summed E-state index contributed by atoms with van der Waals surface area (Å²) >= 11 is 7.22. The van der Waals surface area contributed by atoms with Gasteiger partial charge in [-0.25, -0.2) is 0 Å². The fraction of sp³-hybridized carbons (Fsp3) is 0.105. The Morgan fingerprint density at radius 1 is 1.12 bits per heavy atom. The van der Waals surface area contributed by atoms with Gasteiger partial charge in [-0.15, -0.1) is 11.3 Å². The number of nitrogens with one attached hydrogen (secondary N) is 1. The monoisotopic (exact) mass is 373 g/mol. The Hall–Kier alpha value is -2.34. The van der Waals surface area contributed by atoms with Gasteiger partial charge in [-0.2, -0.15) is 0 Å². The zero-order valence-electron chi connectivity index (χ0n) is 13.2. The van der Waals surface area contributed by atoms with Crippen molar-refractivity contribution in [1.29, 1.82) is 0 Å². The smallest absolute Gasteiger partial charge is 0.265 e. The second-order valence-corrected chi connectivity index (χ2v) is 6.72. The molecule has 0 saturated carbocycles. The third-order valence-electron chi connectivity index (χ3n) is 3.52. The molecule has 0 aliphatic carbocycles. The predicted octanol–water partition coefficient (Wildman–Crippen LogP) is 4.77. The van der Waals surface area contributed by atoms with E-state index in [2.05, 4.69) is 5.32 Å². The molecule has 6 heteroatoms. The van der Waals surface area contributed by atoms with Gasteiger partial charge in [0.15, 0.2) is 0 Å². The van der Waals surface area contributed by atoms with Crippen molar-refractivity contribution in [3.05, 3.63) is 81.5 Å². The topological polar surface area (TPSA) is 58.6 Å². The van der Waals surface area contributed by atoms with E-state index < -0.39 is 6.10 Å². The van der Waals surface area contributed by atoms with Gasteiger partial charge in [-0.1, -0.05) is 29.8 Å². The molecule has 1 atom stereocenters. The molecule has 0 spiro atoms. The highest BCUT2D eigenvalue weighted by atomic mass is 35.5. The van der Waals surface area contributed by atoms with Crippen LogP contribution in [0.15, 0.2) is 66.0 Å². The fourth-order valence-electron chi connectivity index (χ4n) is 2.19. The first kappa shape index (κ1) is 17.5. The molecule has 0 fully saturated rings. The summed E-state index contributed by atoms with van der Waals surface area (Å²) in [6.07, 6.45) is -0.740. The second kappa shape index (κ2) is 8.16. The molecule has 128 valence electrons. The van der Waals surface area contributed by atoms with Gasteiger partial charge in [0.05, 0.1) is 4.88 Å². The van der Waals surface area contributed by atoms with E-state index in [-0.39, 0.29) is 12.5 Å². The number of ether oxygens (including phenoxy) is 1. The van der Waals surface area contributed by atoms with E-state index in [0.717, 1.165) is 5.56 Å². The molecular formula is C19H16ClNO3S. The van der Waals surface area contributed by atoms with Gasteiger partial charge in [0, 0.05) is 10.7 Å². The molecule has 0 radical (unpaired) electrons.